The molecule has 0 spiro atoms. The Morgan fingerprint density at radius 2 is 1.78 bits per heavy atom. The van der Waals surface area contributed by atoms with E-state index in [1.165, 1.54) is 25.4 Å². The molecule has 12 heteroatoms. The second-order valence-corrected chi connectivity index (χ2v) is 8.40. The van der Waals surface area contributed by atoms with Gasteiger partial charge >= 0.3 is 6.36 Å². The zero-order chi connectivity index (χ0) is 26.9. The van der Waals surface area contributed by atoms with E-state index in [2.05, 4.69) is 15.0 Å². The number of hydrogen-bond donors (Lipinski definition) is 2. The van der Waals surface area contributed by atoms with Crippen molar-refractivity contribution in [2.75, 3.05) is 12.4 Å². The van der Waals surface area contributed by atoms with Crippen LogP contribution in [0.2, 0.25) is 0 Å². The Hall–Kier alpha value is -4.35. The third kappa shape index (κ3) is 6.08. The average Bonchev–Trinajstić information content (AvgIpc) is 3.56. The fourth-order valence-corrected chi connectivity index (χ4v) is 3.68. The highest BCUT2D eigenvalue weighted by molar-refractivity contribution is 6.06. The van der Waals surface area contributed by atoms with E-state index in [9.17, 15) is 27.2 Å². The summed E-state index contributed by atoms with van der Waals surface area (Å²) in [4.78, 5) is 28.9. The van der Waals surface area contributed by atoms with Gasteiger partial charge in [-0.3, -0.25) is 14.6 Å². The number of nitrogens with zero attached hydrogens (tertiary/aromatic N) is 1. The summed E-state index contributed by atoms with van der Waals surface area (Å²) in [7, 11) is 1.24. The Balaban J connectivity index is 1.66. The fraction of sp³-hybridized carbons (Fsp3) is 0.240. The normalized spacial score (nSPS) is 16.6. The molecule has 1 aliphatic carbocycles. The van der Waals surface area contributed by atoms with E-state index in [1.807, 2.05) is 6.92 Å². The molecule has 0 radical (unpaired) electrons. The lowest BCUT2D eigenvalue weighted by Gasteiger charge is -2.16. The first-order chi connectivity index (χ1) is 17.4. The van der Waals surface area contributed by atoms with Crippen LogP contribution in [0.3, 0.4) is 0 Å². The van der Waals surface area contributed by atoms with Crippen molar-refractivity contribution >= 4 is 17.5 Å². The number of carbonyl (C=O) groups excluding carboxylic acids is 2. The summed E-state index contributed by atoms with van der Waals surface area (Å²) >= 11 is 0. The molecule has 0 unspecified atom stereocenters. The molecule has 1 heterocycles. The van der Waals surface area contributed by atoms with Crippen molar-refractivity contribution < 1.29 is 41.4 Å². The van der Waals surface area contributed by atoms with Gasteiger partial charge in [-0.05, 0) is 42.7 Å². The number of rotatable bonds is 8. The van der Waals surface area contributed by atoms with Crippen molar-refractivity contribution in [1.29, 1.82) is 0 Å². The second kappa shape index (κ2) is 9.96. The molecule has 3 N–H and O–H groups in total. The van der Waals surface area contributed by atoms with Gasteiger partial charge in [0.25, 0.3) is 11.8 Å². The molecule has 2 atom stereocenters. The van der Waals surface area contributed by atoms with Crippen LogP contribution in [0, 0.1) is 11.7 Å². The molecule has 3 aromatic rings. The van der Waals surface area contributed by atoms with Gasteiger partial charge in [0.15, 0.2) is 11.5 Å². The van der Waals surface area contributed by atoms with E-state index in [0.29, 0.717) is 11.6 Å². The third-order valence-electron chi connectivity index (χ3n) is 5.70. The van der Waals surface area contributed by atoms with Gasteiger partial charge in [0.2, 0.25) is 0 Å². The lowest BCUT2D eigenvalue weighted by molar-refractivity contribution is -0.274. The van der Waals surface area contributed by atoms with Crippen LogP contribution in [-0.2, 0) is 0 Å². The van der Waals surface area contributed by atoms with Crippen LogP contribution in [-0.4, -0.2) is 30.3 Å². The number of carbonyl (C=O) groups is 2. The number of aromatic nitrogens is 1. The van der Waals surface area contributed by atoms with E-state index < -0.39 is 35.3 Å². The van der Waals surface area contributed by atoms with Gasteiger partial charge in [0.1, 0.15) is 22.9 Å². The molecule has 1 aliphatic rings. The van der Waals surface area contributed by atoms with Crippen LogP contribution < -0.4 is 25.3 Å². The molecule has 2 aromatic carbocycles. The van der Waals surface area contributed by atoms with Crippen molar-refractivity contribution in [3.05, 3.63) is 71.3 Å². The van der Waals surface area contributed by atoms with Crippen LogP contribution in [0.5, 0.6) is 23.0 Å². The van der Waals surface area contributed by atoms with Crippen LogP contribution in [0.15, 0.2) is 48.7 Å². The number of halogens is 4. The highest BCUT2D eigenvalue weighted by Gasteiger charge is 2.36. The highest BCUT2D eigenvalue weighted by atomic mass is 19.4. The van der Waals surface area contributed by atoms with Gasteiger partial charge in [-0.25, -0.2) is 4.39 Å². The molecule has 8 nitrogen and oxygen atoms in total. The summed E-state index contributed by atoms with van der Waals surface area (Å²) in [6, 6.07) is 8.14. The van der Waals surface area contributed by atoms with Crippen LogP contribution in [0.4, 0.5) is 23.2 Å². The number of primary amides is 1. The quantitative estimate of drug-likeness (QED) is 0.386. The lowest BCUT2D eigenvalue weighted by atomic mass is 10.1. The van der Waals surface area contributed by atoms with Gasteiger partial charge in [-0.2, -0.15) is 0 Å². The molecule has 1 fully saturated rings. The molecule has 194 valence electrons. The van der Waals surface area contributed by atoms with Gasteiger partial charge in [-0.15, -0.1) is 13.2 Å². The maximum absolute atomic E-state index is 13.8. The van der Waals surface area contributed by atoms with Crippen molar-refractivity contribution in [3.8, 4) is 23.0 Å². The van der Waals surface area contributed by atoms with Gasteiger partial charge in [-0.1, -0.05) is 6.92 Å². The van der Waals surface area contributed by atoms with E-state index in [1.54, 1.807) is 6.07 Å². The largest absolute Gasteiger partial charge is 0.573 e. The summed E-state index contributed by atoms with van der Waals surface area (Å²) in [5, 5.41) is 2.53. The molecule has 1 aromatic heterocycles. The molecule has 2 amide bonds. The van der Waals surface area contributed by atoms with E-state index >= 15 is 0 Å². The number of pyridine rings is 1. The first-order valence-corrected chi connectivity index (χ1v) is 11.0. The topological polar surface area (TPSA) is 113 Å². The van der Waals surface area contributed by atoms with E-state index in [0.717, 1.165) is 30.7 Å². The molecular weight excluding hydrogens is 498 g/mol. The Kier molecular flexibility index (Phi) is 6.92. The van der Waals surface area contributed by atoms with Crippen LogP contribution >= 0.6 is 0 Å². The molecule has 37 heavy (non-hydrogen) atoms. The first-order valence-electron chi connectivity index (χ1n) is 11.0. The molecule has 0 aliphatic heterocycles. The second-order valence-electron chi connectivity index (χ2n) is 8.40. The first kappa shape index (κ1) is 25.7. The Labute approximate surface area is 208 Å². The number of methoxy groups -OCH3 is 1. The number of alkyl halides is 3. The summed E-state index contributed by atoms with van der Waals surface area (Å²) in [6.45, 7) is 2.04. The van der Waals surface area contributed by atoms with Crippen LogP contribution in [0.25, 0.3) is 0 Å². The predicted octanol–water partition coefficient (Wildman–Crippen LogP) is 5.39. The minimum absolute atomic E-state index is 0.0184. The van der Waals surface area contributed by atoms with Gasteiger partial charge < -0.3 is 25.3 Å². The smallest absolute Gasteiger partial charge is 0.493 e. The minimum atomic E-state index is -4.89. The number of ether oxygens (including phenoxy) is 3. The summed E-state index contributed by atoms with van der Waals surface area (Å²) in [5.74, 6) is -2.51. The third-order valence-corrected chi connectivity index (χ3v) is 5.70. The fourth-order valence-electron chi connectivity index (χ4n) is 3.68. The highest BCUT2D eigenvalue weighted by Crippen LogP contribution is 2.47. The van der Waals surface area contributed by atoms with Crippen molar-refractivity contribution in [3.63, 3.8) is 0 Å². The molecule has 1 saturated carbocycles. The zero-order valence-electron chi connectivity index (χ0n) is 19.6. The maximum atomic E-state index is 13.8. The molecule has 0 saturated heterocycles. The summed E-state index contributed by atoms with van der Waals surface area (Å²) in [5.41, 5.74) is 5.50. The van der Waals surface area contributed by atoms with Crippen molar-refractivity contribution in [2.45, 2.75) is 25.6 Å². The summed E-state index contributed by atoms with van der Waals surface area (Å²) < 4.78 is 66.6. The zero-order valence-corrected chi connectivity index (χ0v) is 19.6. The van der Waals surface area contributed by atoms with Crippen molar-refractivity contribution in [1.82, 2.24) is 4.98 Å². The number of nitrogens with two attached hydrogens (primary N) is 1. The Morgan fingerprint density at radius 1 is 1.05 bits per heavy atom. The minimum Gasteiger partial charge on any atom is -0.493 e. The number of anilines is 1. The standard InChI is InChI=1S/C25H21F4N3O5/c1-12-7-15(12)19-10-21(36-20-6-4-14(9-22(20)35-2)37-25(27,28)29)17(11-31-19)24(34)32-13-3-5-18(26)16(8-13)23(30)33/h3-6,8-12,15H,7H2,1-2H3,(H2,30,33)(H,32,34)/t12-,15-/m1/s1. The number of amides is 2. The maximum Gasteiger partial charge on any atom is 0.573 e. The van der Waals surface area contributed by atoms with E-state index in [-0.39, 0.29) is 34.4 Å². The number of hydrogen-bond acceptors (Lipinski definition) is 6. The molecular formula is C25H21F4N3O5. The monoisotopic (exact) mass is 519 g/mol. The molecule has 4 rings (SSSR count). The molecule has 0 bridgehead atoms. The Bertz CT molecular complexity index is 1360. The van der Waals surface area contributed by atoms with Gasteiger partial charge in [0, 0.05) is 35.6 Å². The van der Waals surface area contributed by atoms with Crippen LogP contribution in [0.1, 0.15) is 45.7 Å². The Morgan fingerprint density at radius 3 is 2.41 bits per heavy atom. The van der Waals surface area contributed by atoms with Gasteiger partial charge in [0.05, 0.1) is 12.7 Å². The van der Waals surface area contributed by atoms with E-state index in [4.69, 9.17) is 15.2 Å². The number of benzene rings is 2. The average molecular weight is 519 g/mol. The summed E-state index contributed by atoms with van der Waals surface area (Å²) in [6.07, 6.45) is -2.69. The lowest BCUT2D eigenvalue weighted by Crippen LogP contribution is -2.17. The predicted molar refractivity (Wildman–Crippen MR) is 123 cm³/mol. The van der Waals surface area contributed by atoms with Crippen molar-refractivity contribution in [2.24, 2.45) is 11.7 Å². The number of nitrogens with one attached hydrogen (secondary N) is 1. The SMILES string of the molecule is COc1cc(OC(F)(F)F)ccc1Oc1cc([C@@H]2C[C@H]2C)ncc1C(=O)Nc1ccc(F)c(C(N)=O)c1.